The molecule has 7 heteroatoms. The van der Waals surface area contributed by atoms with Gasteiger partial charge in [-0.05, 0) is 6.42 Å². The minimum absolute atomic E-state index is 0.440. The summed E-state index contributed by atoms with van der Waals surface area (Å²) in [6.07, 6.45) is 0.708. The van der Waals surface area contributed by atoms with Gasteiger partial charge in [0.25, 0.3) is 0 Å². The predicted molar refractivity (Wildman–Crippen MR) is 71.6 cm³/mol. The second kappa shape index (κ2) is 8.84. The van der Waals surface area contributed by atoms with E-state index in [0.717, 1.165) is 19.6 Å². The Morgan fingerprint density at radius 1 is 1.26 bits per heavy atom. The van der Waals surface area contributed by atoms with Crippen LogP contribution in [0.15, 0.2) is 0 Å². The van der Waals surface area contributed by atoms with E-state index in [0.29, 0.717) is 39.2 Å². The molecule has 1 heterocycles. The summed E-state index contributed by atoms with van der Waals surface area (Å²) in [6.45, 7) is 5.23. The lowest BCUT2D eigenvalue weighted by atomic mass is 10.3. The van der Waals surface area contributed by atoms with Crippen LogP contribution in [0.5, 0.6) is 0 Å². The fourth-order valence-electron chi connectivity index (χ4n) is 1.99. The average Bonchev–Trinajstić information content (AvgIpc) is 2.44. The van der Waals surface area contributed by atoms with Gasteiger partial charge in [0.2, 0.25) is 0 Å². The highest BCUT2D eigenvalue weighted by Crippen LogP contribution is 2.01. The van der Waals surface area contributed by atoms with Gasteiger partial charge in [-0.3, -0.25) is 14.5 Å². The van der Waals surface area contributed by atoms with Crippen molar-refractivity contribution in [2.75, 3.05) is 59.5 Å². The lowest BCUT2D eigenvalue weighted by Gasteiger charge is -2.34. The molecule has 1 aliphatic heterocycles. The Hall–Kier alpha value is -1.18. The molecule has 0 aliphatic carbocycles. The summed E-state index contributed by atoms with van der Waals surface area (Å²) >= 11 is 0. The maximum Gasteiger partial charge on any atom is 0.311 e. The zero-order valence-electron chi connectivity index (χ0n) is 11.6. The van der Waals surface area contributed by atoms with Gasteiger partial charge in [0.15, 0.2) is 0 Å². The van der Waals surface area contributed by atoms with E-state index >= 15 is 0 Å². The molecule has 0 aromatic rings. The van der Waals surface area contributed by atoms with Crippen LogP contribution in [-0.2, 0) is 14.3 Å². The number of nitrogens with one attached hydrogen (secondary N) is 1. The number of hydrogen-bond donors (Lipinski definition) is 2. The Bertz CT molecular complexity index is 291. The van der Waals surface area contributed by atoms with E-state index in [2.05, 4.69) is 10.2 Å². The number of piperazine rings is 1. The van der Waals surface area contributed by atoms with Crippen molar-refractivity contribution in [2.45, 2.75) is 6.42 Å². The molecule has 0 saturated carbocycles. The van der Waals surface area contributed by atoms with Crippen molar-refractivity contribution in [1.29, 1.82) is 0 Å². The van der Waals surface area contributed by atoms with Crippen LogP contribution in [0, 0.1) is 0 Å². The molecule has 3 N–H and O–H groups in total. The Balaban J connectivity index is 2.24. The second-order valence-corrected chi connectivity index (χ2v) is 4.52. The standard InChI is InChI=1S/C12H24N4O3/c1-19-10-2-4-14-11(17)12(18)16-8-6-15(5-3-13)7-9-16/h2-10,13H2,1H3,(H,14,17). The van der Waals surface area contributed by atoms with Crippen molar-refractivity contribution in [3.05, 3.63) is 0 Å². The molecule has 19 heavy (non-hydrogen) atoms. The van der Waals surface area contributed by atoms with Crippen LogP contribution < -0.4 is 11.1 Å². The molecular formula is C12H24N4O3. The fourth-order valence-corrected chi connectivity index (χ4v) is 1.99. The molecule has 1 fully saturated rings. The summed E-state index contributed by atoms with van der Waals surface area (Å²) in [5.74, 6) is -0.965. The number of nitrogens with zero attached hydrogens (tertiary/aromatic N) is 2. The number of methoxy groups -OCH3 is 1. The van der Waals surface area contributed by atoms with Gasteiger partial charge in [-0.25, -0.2) is 0 Å². The molecule has 110 valence electrons. The third kappa shape index (κ3) is 5.54. The summed E-state index contributed by atoms with van der Waals surface area (Å²) in [5, 5.41) is 2.61. The Labute approximate surface area is 114 Å². The number of ether oxygens (including phenoxy) is 1. The minimum atomic E-state index is -0.525. The van der Waals surface area contributed by atoms with Gasteiger partial charge < -0.3 is 20.7 Å². The number of amides is 2. The van der Waals surface area contributed by atoms with E-state index in [1.165, 1.54) is 0 Å². The molecule has 0 bridgehead atoms. The van der Waals surface area contributed by atoms with Crippen LogP contribution >= 0.6 is 0 Å². The van der Waals surface area contributed by atoms with Crippen LogP contribution in [-0.4, -0.2) is 81.1 Å². The molecule has 0 radical (unpaired) electrons. The predicted octanol–water partition coefficient (Wildman–Crippen LogP) is -1.76. The van der Waals surface area contributed by atoms with E-state index in [9.17, 15) is 9.59 Å². The van der Waals surface area contributed by atoms with Crippen LogP contribution in [0.1, 0.15) is 6.42 Å². The Kier molecular flexibility index (Phi) is 7.39. The highest BCUT2D eigenvalue weighted by Gasteiger charge is 2.25. The third-order valence-electron chi connectivity index (χ3n) is 3.11. The fraction of sp³-hybridized carbons (Fsp3) is 0.833. The maximum absolute atomic E-state index is 11.9. The van der Waals surface area contributed by atoms with Gasteiger partial charge in [0, 0.05) is 59.5 Å². The molecule has 7 nitrogen and oxygen atoms in total. The zero-order chi connectivity index (χ0) is 14.1. The quantitative estimate of drug-likeness (QED) is 0.442. The minimum Gasteiger partial charge on any atom is -0.385 e. The second-order valence-electron chi connectivity index (χ2n) is 4.52. The van der Waals surface area contributed by atoms with E-state index in [4.69, 9.17) is 10.5 Å². The molecule has 0 aromatic carbocycles. The molecule has 0 unspecified atom stereocenters. The summed E-state index contributed by atoms with van der Waals surface area (Å²) < 4.78 is 4.87. The van der Waals surface area contributed by atoms with Crippen molar-refractivity contribution in [3.63, 3.8) is 0 Å². The molecular weight excluding hydrogens is 248 g/mol. The Morgan fingerprint density at radius 3 is 2.53 bits per heavy atom. The maximum atomic E-state index is 11.9. The molecule has 1 aliphatic rings. The number of nitrogens with two attached hydrogens (primary N) is 1. The van der Waals surface area contributed by atoms with Gasteiger partial charge in [-0.2, -0.15) is 0 Å². The average molecular weight is 272 g/mol. The molecule has 1 saturated heterocycles. The number of hydrogen-bond acceptors (Lipinski definition) is 5. The van der Waals surface area contributed by atoms with Crippen molar-refractivity contribution < 1.29 is 14.3 Å². The lowest BCUT2D eigenvalue weighted by molar-refractivity contribution is -0.147. The SMILES string of the molecule is COCCCNC(=O)C(=O)N1CCN(CCN)CC1. The van der Waals surface area contributed by atoms with Gasteiger partial charge in [-0.15, -0.1) is 0 Å². The lowest BCUT2D eigenvalue weighted by Crippen LogP contribution is -2.53. The first-order valence-corrected chi connectivity index (χ1v) is 6.67. The van der Waals surface area contributed by atoms with Gasteiger partial charge in [0.1, 0.15) is 0 Å². The smallest absolute Gasteiger partial charge is 0.311 e. The first-order valence-electron chi connectivity index (χ1n) is 6.67. The Morgan fingerprint density at radius 2 is 1.95 bits per heavy atom. The molecule has 2 amide bonds. The molecule has 1 rings (SSSR count). The highest BCUT2D eigenvalue weighted by atomic mass is 16.5. The van der Waals surface area contributed by atoms with Crippen LogP contribution in [0.3, 0.4) is 0 Å². The van der Waals surface area contributed by atoms with Crippen LogP contribution in [0.2, 0.25) is 0 Å². The van der Waals surface area contributed by atoms with Crippen LogP contribution in [0.25, 0.3) is 0 Å². The first kappa shape index (κ1) is 15.9. The van der Waals surface area contributed by atoms with E-state index in [1.807, 2.05) is 0 Å². The number of carbonyl (C=O) groups is 2. The van der Waals surface area contributed by atoms with Crippen molar-refractivity contribution in [3.8, 4) is 0 Å². The van der Waals surface area contributed by atoms with E-state index in [1.54, 1.807) is 12.0 Å². The molecule has 0 spiro atoms. The molecule has 0 atom stereocenters. The third-order valence-corrected chi connectivity index (χ3v) is 3.11. The van der Waals surface area contributed by atoms with Crippen molar-refractivity contribution in [1.82, 2.24) is 15.1 Å². The topological polar surface area (TPSA) is 87.9 Å². The van der Waals surface area contributed by atoms with Gasteiger partial charge in [-0.1, -0.05) is 0 Å². The summed E-state index contributed by atoms with van der Waals surface area (Å²) in [4.78, 5) is 27.3. The van der Waals surface area contributed by atoms with E-state index in [-0.39, 0.29) is 0 Å². The highest BCUT2D eigenvalue weighted by molar-refractivity contribution is 6.35. The van der Waals surface area contributed by atoms with Gasteiger partial charge >= 0.3 is 11.8 Å². The molecule has 0 aromatic heterocycles. The van der Waals surface area contributed by atoms with Crippen molar-refractivity contribution in [2.24, 2.45) is 5.73 Å². The first-order chi connectivity index (χ1) is 9.19. The summed E-state index contributed by atoms with van der Waals surface area (Å²) in [5.41, 5.74) is 5.48. The summed E-state index contributed by atoms with van der Waals surface area (Å²) in [6, 6.07) is 0. The summed E-state index contributed by atoms with van der Waals surface area (Å²) in [7, 11) is 1.60. The largest absolute Gasteiger partial charge is 0.385 e. The monoisotopic (exact) mass is 272 g/mol. The normalized spacial score (nSPS) is 16.4. The van der Waals surface area contributed by atoms with Crippen LogP contribution in [0.4, 0.5) is 0 Å². The number of rotatable bonds is 6. The number of carbonyl (C=O) groups excluding carboxylic acids is 2. The zero-order valence-corrected chi connectivity index (χ0v) is 11.6. The van der Waals surface area contributed by atoms with Crippen molar-refractivity contribution >= 4 is 11.8 Å². The van der Waals surface area contributed by atoms with E-state index < -0.39 is 11.8 Å². The van der Waals surface area contributed by atoms with Gasteiger partial charge in [0.05, 0.1) is 0 Å².